The highest BCUT2D eigenvalue weighted by Gasteiger charge is 2.19. The van der Waals surface area contributed by atoms with Gasteiger partial charge in [-0.25, -0.2) is 0 Å². The molecule has 1 fully saturated rings. The Balaban J connectivity index is 1.70. The van der Waals surface area contributed by atoms with Crippen molar-refractivity contribution in [3.05, 3.63) is 59.2 Å². The van der Waals surface area contributed by atoms with E-state index in [2.05, 4.69) is 16.2 Å². The molecule has 6 heteroatoms. The van der Waals surface area contributed by atoms with Crippen LogP contribution in [0.3, 0.4) is 0 Å². The molecule has 3 rings (SSSR count). The molecule has 0 aromatic heterocycles. The van der Waals surface area contributed by atoms with Gasteiger partial charge in [0.15, 0.2) is 0 Å². The molecule has 6 nitrogen and oxygen atoms in total. The summed E-state index contributed by atoms with van der Waals surface area (Å²) in [6.45, 7) is 2.16. The molecule has 0 unspecified atom stereocenters. The van der Waals surface area contributed by atoms with Crippen molar-refractivity contribution >= 4 is 5.91 Å². The monoisotopic (exact) mass is 341 g/mol. The first kappa shape index (κ1) is 17.3. The smallest absolute Gasteiger partial charge is 0.255 e. The van der Waals surface area contributed by atoms with Crippen LogP contribution in [0.5, 0.6) is 11.5 Å². The van der Waals surface area contributed by atoms with Gasteiger partial charge in [-0.05, 0) is 35.4 Å². The van der Waals surface area contributed by atoms with Gasteiger partial charge in [0.05, 0.1) is 19.8 Å². The second-order valence-electron chi connectivity index (χ2n) is 5.95. The highest BCUT2D eigenvalue weighted by Crippen LogP contribution is 2.26. The summed E-state index contributed by atoms with van der Waals surface area (Å²) in [5.74, 6) is 1.58. The summed E-state index contributed by atoms with van der Waals surface area (Å²) in [4.78, 5) is 12.5. The molecule has 2 aromatic carbocycles. The van der Waals surface area contributed by atoms with Crippen molar-refractivity contribution in [3.63, 3.8) is 0 Å². The summed E-state index contributed by atoms with van der Waals surface area (Å²) in [6.07, 6.45) is 0. The Bertz CT molecular complexity index is 742. The summed E-state index contributed by atoms with van der Waals surface area (Å²) in [5.41, 5.74) is 8.89. The number of methoxy groups -OCH3 is 2. The fraction of sp³-hybridized carbons (Fsp3) is 0.316. The number of benzene rings is 2. The molecule has 25 heavy (non-hydrogen) atoms. The van der Waals surface area contributed by atoms with Crippen LogP contribution < -0.4 is 25.6 Å². The van der Waals surface area contributed by atoms with Crippen LogP contribution in [0.4, 0.5) is 0 Å². The number of hydrazine groups is 1. The van der Waals surface area contributed by atoms with Gasteiger partial charge < -0.3 is 14.8 Å². The molecule has 0 atom stereocenters. The van der Waals surface area contributed by atoms with Crippen molar-refractivity contribution in [1.29, 1.82) is 0 Å². The van der Waals surface area contributed by atoms with E-state index in [0.29, 0.717) is 23.8 Å². The van der Waals surface area contributed by atoms with Crippen molar-refractivity contribution in [3.8, 4) is 11.5 Å². The van der Waals surface area contributed by atoms with Gasteiger partial charge in [-0.2, -0.15) is 0 Å². The van der Waals surface area contributed by atoms with Crippen LogP contribution in [0.15, 0.2) is 42.5 Å². The van der Waals surface area contributed by atoms with Crippen LogP contribution in [-0.4, -0.2) is 33.2 Å². The molecule has 0 aliphatic carbocycles. The van der Waals surface area contributed by atoms with Gasteiger partial charge in [0.1, 0.15) is 11.5 Å². The predicted molar refractivity (Wildman–Crippen MR) is 95.9 cm³/mol. The van der Waals surface area contributed by atoms with Gasteiger partial charge in [-0.3, -0.25) is 15.6 Å². The molecule has 1 aliphatic heterocycles. The molecule has 2 aromatic rings. The Morgan fingerprint density at radius 3 is 2.64 bits per heavy atom. The van der Waals surface area contributed by atoms with Gasteiger partial charge in [-0.1, -0.05) is 18.2 Å². The quantitative estimate of drug-likeness (QED) is 0.748. The van der Waals surface area contributed by atoms with Crippen molar-refractivity contribution in [2.45, 2.75) is 12.5 Å². The van der Waals surface area contributed by atoms with Crippen molar-refractivity contribution in [2.24, 2.45) is 0 Å². The van der Waals surface area contributed by atoms with E-state index < -0.39 is 0 Å². The zero-order valence-electron chi connectivity index (χ0n) is 14.5. The van der Waals surface area contributed by atoms with Gasteiger partial charge in [-0.15, -0.1) is 0 Å². The van der Waals surface area contributed by atoms with E-state index in [1.807, 2.05) is 42.5 Å². The van der Waals surface area contributed by atoms with Crippen LogP contribution in [0.2, 0.25) is 0 Å². The first-order valence-corrected chi connectivity index (χ1v) is 8.26. The Labute approximate surface area is 147 Å². The molecule has 132 valence electrons. The highest BCUT2D eigenvalue weighted by molar-refractivity contribution is 5.97. The van der Waals surface area contributed by atoms with Gasteiger partial charge in [0, 0.05) is 25.6 Å². The lowest BCUT2D eigenvalue weighted by atomic mass is 9.98. The summed E-state index contributed by atoms with van der Waals surface area (Å²) in [7, 11) is 3.21. The fourth-order valence-corrected chi connectivity index (χ4v) is 2.91. The van der Waals surface area contributed by atoms with Gasteiger partial charge in [0.25, 0.3) is 5.91 Å². The number of rotatable bonds is 6. The van der Waals surface area contributed by atoms with Crippen LogP contribution in [0, 0.1) is 0 Å². The first-order valence-electron chi connectivity index (χ1n) is 8.26. The zero-order valence-corrected chi connectivity index (χ0v) is 14.5. The summed E-state index contributed by atoms with van der Waals surface area (Å²) < 4.78 is 10.6. The number of hydrogen-bond acceptors (Lipinski definition) is 5. The standard InChI is InChI=1S/C19H23N3O3/c1-24-16-5-3-4-13(8-16)10-20-19(23)17-7-6-14(9-18(17)25-2)15-11-21-22-12-15/h3-9,15,21-22H,10-12H2,1-2H3,(H,20,23). The topological polar surface area (TPSA) is 71.6 Å². The van der Waals surface area contributed by atoms with E-state index in [4.69, 9.17) is 9.47 Å². The minimum atomic E-state index is -0.158. The molecule has 0 spiro atoms. The van der Waals surface area contributed by atoms with Crippen LogP contribution in [-0.2, 0) is 6.54 Å². The highest BCUT2D eigenvalue weighted by atomic mass is 16.5. The van der Waals surface area contributed by atoms with Crippen molar-refractivity contribution in [2.75, 3.05) is 27.3 Å². The SMILES string of the molecule is COc1cccc(CNC(=O)c2ccc(C3CNNC3)cc2OC)c1. The Morgan fingerprint density at radius 2 is 1.92 bits per heavy atom. The van der Waals surface area contributed by atoms with E-state index >= 15 is 0 Å². The minimum Gasteiger partial charge on any atom is -0.497 e. The number of carbonyl (C=O) groups is 1. The molecule has 1 amide bonds. The number of nitrogens with one attached hydrogen (secondary N) is 3. The lowest BCUT2D eigenvalue weighted by molar-refractivity contribution is 0.0948. The summed E-state index contributed by atoms with van der Waals surface area (Å²) in [6, 6.07) is 13.4. The van der Waals surface area contributed by atoms with Crippen LogP contribution in [0.25, 0.3) is 0 Å². The van der Waals surface area contributed by atoms with Gasteiger partial charge >= 0.3 is 0 Å². The zero-order chi connectivity index (χ0) is 17.6. The number of amides is 1. The van der Waals surface area contributed by atoms with E-state index in [1.54, 1.807) is 14.2 Å². The van der Waals surface area contributed by atoms with E-state index in [0.717, 1.165) is 30.0 Å². The van der Waals surface area contributed by atoms with Crippen molar-refractivity contribution < 1.29 is 14.3 Å². The number of hydrogen-bond donors (Lipinski definition) is 3. The average molecular weight is 341 g/mol. The third kappa shape index (κ3) is 4.10. The third-order valence-corrected chi connectivity index (χ3v) is 4.35. The van der Waals surface area contributed by atoms with E-state index in [9.17, 15) is 4.79 Å². The maximum absolute atomic E-state index is 12.5. The lowest BCUT2D eigenvalue weighted by Crippen LogP contribution is -2.23. The van der Waals surface area contributed by atoms with E-state index in [-0.39, 0.29) is 5.91 Å². The summed E-state index contributed by atoms with van der Waals surface area (Å²) >= 11 is 0. The van der Waals surface area contributed by atoms with E-state index in [1.165, 1.54) is 0 Å². The molecule has 3 N–H and O–H groups in total. The molecule has 0 saturated carbocycles. The molecule has 0 bridgehead atoms. The maximum Gasteiger partial charge on any atom is 0.255 e. The average Bonchev–Trinajstić information content (AvgIpc) is 3.20. The molecule has 1 aliphatic rings. The molecular formula is C19H23N3O3. The Kier molecular flexibility index (Phi) is 5.53. The first-order chi connectivity index (χ1) is 12.2. The normalized spacial score (nSPS) is 14.3. The lowest BCUT2D eigenvalue weighted by Gasteiger charge is -2.14. The molecule has 1 saturated heterocycles. The maximum atomic E-state index is 12.5. The predicted octanol–water partition coefficient (Wildman–Crippen LogP) is 1.83. The second-order valence-corrected chi connectivity index (χ2v) is 5.95. The van der Waals surface area contributed by atoms with Gasteiger partial charge in [0.2, 0.25) is 0 Å². The Hall–Kier alpha value is -2.57. The molecule has 1 heterocycles. The summed E-state index contributed by atoms with van der Waals surface area (Å²) in [5, 5.41) is 2.93. The van der Waals surface area contributed by atoms with Crippen LogP contribution in [0.1, 0.15) is 27.4 Å². The largest absolute Gasteiger partial charge is 0.497 e. The number of carbonyl (C=O) groups excluding carboxylic acids is 1. The fourth-order valence-electron chi connectivity index (χ4n) is 2.91. The minimum absolute atomic E-state index is 0.158. The molecule has 0 radical (unpaired) electrons. The van der Waals surface area contributed by atoms with Crippen LogP contribution >= 0.6 is 0 Å². The Morgan fingerprint density at radius 1 is 1.12 bits per heavy atom. The third-order valence-electron chi connectivity index (χ3n) is 4.35. The number of ether oxygens (including phenoxy) is 2. The molecular weight excluding hydrogens is 318 g/mol. The second kappa shape index (κ2) is 8.00. The van der Waals surface area contributed by atoms with Crippen molar-refractivity contribution in [1.82, 2.24) is 16.2 Å².